The molecule has 0 atom stereocenters. The first kappa shape index (κ1) is 14.6. The summed E-state index contributed by atoms with van der Waals surface area (Å²) < 4.78 is 11.1. The van der Waals surface area contributed by atoms with E-state index in [0.29, 0.717) is 24.0 Å². The highest BCUT2D eigenvalue weighted by Crippen LogP contribution is 2.38. The maximum Gasteiger partial charge on any atom is 0.179 e. The number of fused-ring (bicyclic) bond motifs is 1. The van der Waals surface area contributed by atoms with Crippen LogP contribution in [0.1, 0.15) is 22.4 Å². The van der Waals surface area contributed by atoms with Crippen LogP contribution in [0.2, 0.25) is 5.02 Å². The maximum absolute atomic E-state index is 6.22. The van der Waals surface area contributed by atoms with Gasteiger partial charge in [-0.05, 0) is 24.1 Å². The highest BCUT2D eigenvalue weighted by molar-refractivity contribution is 7.11. The van der Waals surface area contributed by atoms with E-state index in [1.807, 2.05) is 18.3 Å². The van der Waals surface area contributed by atoms with Crippen molar-refractivity contribution < 1.29 is 9.47 Å². The lowest BCUT2D eigenvalue weighted by Gasteiger charge is -2.20. The number of halogens is 1. The lowest BCUT2D eigenvalue weighted by atomic mass is 10.2. The van der Waals surface area contributed by atoms with Gasteiger partial charge in [-0.2, -0.15) is 0 Å². The van der Waals surface area contributed by atoms with Crippen LogP contribution in [0.15, 0.2) is 18.3 Å². The SMILES string of the molecule is CCc1cnc(CNCc2cc(Cl)c3c(c2)OCCO3)s1. The zero-order valence-electron chi connectivity index (χ0n) is 11.8. The molecule has 0 bridgehead atoms. The van der Waals surface area contributed by atoms with E-state index in [4.69, 9.17) is 21.1 Å². The van der Waals surface area contributed by atoms with Gasteiger partial charge in [-0.1, -0.05) is 18.5 Å². The average Bonchev–Trinajstić information content (AvgIpc) is 2.95. The third kappa shape index (κ3) is 3.48. The lowest BCUT2D eigenvalue weighted by Crippen LogP contribution is -2.17. The Bertz CT molecular complexity index is 630. The average molecular weight is 325 g/mol. The molecule has 1 aromatic heterocycles. The Morgan fingerprint density at radius 3 is 2.95 bits per heavy atom. The van der Waals surface area contributed by atoms with E-state index < -0.39 is 0 Å². The van der Waals surface area contributed by atoms with Gasteiger partial charge in [0, 0.05) is 24.2 Å². The maximum atomic E-state index is 6.22. The van der Waals surface area contributed by atoms with Gasteiger partial charge in [0.15, 0.2) is 11.5 Å². The normalized spacial score (nSPS) is 13.4. The first-order chi connectivity index (χ1) is 10.3. The van der Waals surface area contributed by atoms with Crippen LogP contribution in [0.5, 0.6) is 11.5 Å². The molecule has 0 unspecified atom stereocenters. The predicted molar refractivity (Wildman–Crippen MR) is 84.5 cm³/mol. The van der Waals surface area contributed by atoms with Crippen molar-refractivity contribution in [1.82, 2.24) is 10.3 Å². The molecule has 2 heterocycles. The number of aromatic nitrogens is 1. The van der Waals surface area contributed by atoms with E-state index in [2.05, 4.69) is 17.2 Å². The second-order valence-corrected chi connectivity index (χ2v) is 6.39. The first-order valence-electron chi connectivity index (χ1n) is 6.98. The summed E-state index contributed by atoms with van der Waals surface area (Å²) in [5.74, 6) is 1.38. The van der Waals surface area contributed by atoms with Crippen molar-refractivity contribution in [3.8, 4) is 11.5 Å². The van der Waals surface area contributed by atoms with E-state index in [1.165, 1.54) is 4.88 Å². The van der Waals surface area contributed by atoms with Crippen LogP contribution in [-0.4, -0.2) is 18.2 Å². The van der Waals surface area contributed by atoms with Crippen molar-refractivity contribution in [3.05, 3.63) is 38.8 Å². The molecule has 1 N–H and O–H groups in total. The summed E-state index contributed by atoms with van der Waals surface area (Å²) in [5, 5.41) is 5.09. The van der Waals surface area contributed by atoms with Crippen LogP contribution in [0.25, 0.3) is 0 Å². The van der Waals surface area contributed by atoms with Crippen LogP contribution in [-0.2, 0) is 19.5 Å². The largest absolute Gasteiger partial charge is 0.486 e. The number of nitrogens with zero attached hydrogens (tertiary/aromatic N) is 1. The van der Waals surface area contributed by atoms with Gasteiger partial charge in [0.1, 0.15) is 18.2 Å². The summed E-state index contributed by atoms with van der Waals surface area (Å²) in [6.45, 7) is 4.74. The minimum absolute atomic E-state index is 0.550. The fourth-order valence-electron chi connectivity index (χ4n) is 2.17. The molecule has 0 aliphatic carbocycles. The molecule has 112 valence electrons. The number of hydrogen-bond acceptors (Lipinski definition) is 5. The summed E-state index contributed by atoms with van der Waals surface area (Å²) in [7, 11) is 0. The zero-order chi connectivity index (χ0) is 14.7. The monoisotopic (exact) mass is 324 g/mol. The van der Waals surface area contributed by atoms with E-state index >= 15 is 0 Å². The molecule has 1 aliphatic heterocycles. The Balaban J connectivity index is 1.61. The quantitative estimate of drug-likeness (QED) is 0.915. The topological polar surface area (TPSA) is 43.4 Å². The van der Waals surface area contributed by atoms with Gasteiger partial charge in [-0.25, -0.2) is 4.98 Å². The predicted octanol–water partition coefficient (Wildman–Crippen LogP) is 3.42. The second-order valence-electron chi connectivity index (χ2n) is 4.78. The molecule has 2 aromatic rings. The molecule has 6 heteroatoms. The number of rotatable bonds is 5. The molecule has 1 aromatic carbocycles. The van der Waals surface area contributed by atoms with Crippen LogP contribution < -0.4 is 14.8 Å². The van der Waals surface area contributed by atoms with Gasteiger partial charge in [0.25, 0.3) is 0 Å². The molecule has 4 nitrogen and oxygen atoms in total. The molecule has 0 spiro atoms. The molecule has 0 radical (unpaired) electrons. The summed E-state index contributed by atoms with van der Waals surface area (Å²) in [4.78, 5) is 5.71. The molecular weight excluding hydrogens is 308 g/mol. The van der Waals surface area contributed by atoms with Gasteiger partial charge in [0.05, 0.1) is 5.02 Å². The number of benzene rings is 1. The van der Waals surface area contributed by atoms with Gasteiger partial charge >= 0.3 is 0 Å². The van der Waals surface area contributed by atoms with Crippen molar-refractivity contribution in [1.29, 1.82) is 0 Å². The van der Waals surface area contributed by atoms with E-state index in [0.717, 1.165) is 35.8 Å². The fraction of sp³-hybridized carbons (Fsp3) is 0.400. The van der Waals surface area contributed by atoms with E-state index in [1.54, 1.807) is 11.3 Å². The van der Waals surface area contributed by atoms with Crippen molar-refractivity contribution in [2.75, 3.05) is 13.2 Å². The third-order valence-electron chi connectivity index (χ3n) is 3.21. The van der Waals surface area contributed by atoms with Crippen LogP contribution in [0, 0.1) is 0 Å². The fourth-order valence-corrected chi connectivity index (χ4v) is 3.29. The van der Waals surface area contributed by atoms with Gasteiger partial charge in [0.2, 0.25) is 0 Å². The van der Waals surface area contributed by atoms with E-state index in [9.17, 15) is 0 Å². The summed E-state index contributed by atoms with van der Waals surface area (Å²) >= 11 is 7.97. The summed E-state index contributed by atoms with van der Waals surface area (Å²) in [6.07, 6.45) is 2.98. The molecule has 0 amide bonds. The Morgan fingerprint density at radius 2 is 2.14 bits per heavy atom. The Morgan fingerprint density at radius 1 is 1.29 bits per heavy atom. The molecule has 0 saturated carbocycles. The number of thiazole rings is 1. The van der Waals surface area contributed by atoms with Gasteiger partial charge in [-0.15, -0.1) is 11.3 Å². The Labute approximate surface area is 133 Å². The number of aryl methyl sites for hydroxylation is 1. The molecule has 0 saturated heterocycles. The number of nitrogens with one attached hydrogen (secondary N) is 1. The molecule has 1 aliphatic rings. The van der Waals surface area contributed by atoms with Crippen molar-refractivity contribution in [3.63, 3.8) is 0 Å². The minimum atomic E-state index is 0.550. The van der Waals surface area contributed by atoms with Crippen LogP contribution in [0.4, 0.5) is 0 Å². The van der Waals surface area contributed by atoms with E-state index in [-0.39, 0.29) is 0 Å². The highest BCUT2D eigenvalue weighted by Gasteiger charge is 2.16. The van der Waals surface area contributed by atoms with Crippen molar-refractivity contribution in [2.45, 2.75) is 26.4 Å². The molecule has 3 rings (SSSR count). The van der Waals surface area contributed by atoms with Crippen LogP contribution >= 0.6 is 22.9 Å². The van der Waals surface area contributed by atoms with Crippen molar-refractivity contribution >= 4 is 22.9 Å². The second kappa shape index (κ2) is 6.64. The van der Waals surface area contributed by atoms with Gasteiger partial charge in [-0.3, -0.25) is 0 Å². The van der Waals surface area contributed by atoms with Gasteiger partial charge < -0.3 is 14.8 Å². The Hall–Kier alpha value is -1.30. The number of ether oxygens (including phenoxy) is 2. The minimum Gasteiger partial charge on any atom is -0.486 e. The van der Waals surface area contributed by atoms with Crippen molar-refractivity contribution in [2.24, 2.45) is 0 Å². The molecule has 21 heavy (non-hydrogen) atoms. The molecule has 0 fully saturated rings. The zero-order valence-corrected chi connectivity index (χ0v) is 13.4. The number of hydrogen-bond donors (Lipinski definition) is 1. The highest BCUT2D eigenvalue weighted by atomic mass is 35.5. The Kier molecular flexibility index (Phi) is 4.63. The summed E-state index contributed by atoms with van der Waals surface area (Å²) in [5.41, 5.74) is 1.08. The lowest BCUT2D eigenvalue weighted by molar-refractivity contribution is 0.171. The third-order valence-corrected chi connectivity index (χ3v) is 4.63. The smallest absolute Gasteiger partial charge is 0.179 e. The first-order valence-corrected chi connectivity index (χ1v) is 8.18. The standard InChI is InChI=1S/C15H17ClN2O2S/c1-2-11-8-18-14(21-11)9-17-7-10-5-12(16)15-13(6-10)19-3-4-20-15/h5-6,8,17H,2-4,7,9H2,1H3. The molecular formula is C15H17ClN2O2S. The van der Waals surface area contributed by atoms with Crippen LogP contribution in [0.3, 0.4) is 0 Å². The summed E-state index contributed by atoms with van der Waals surface area (Å²) in [6, 6.07) is 3.90.